The average Bonchev–Trinajstić information content (AvgIpc) is 3.01. The first-order valence-corrected chi connectivity index (χ1v) is 10.4. The van der Waals surface area contributed by atoms with Crippen LogP contribution >= 0.6 is 0 Å². The molecule has 31 heavy (non-hydrogen) atoms. The van der Waals surface area contributed by atoms with Crippen molar-refractivity contribution in [3.8, 4) is 0 Å². The summed E-state index contributed by atoms with van der Waals surface area (Å²) in [7, 11) is 0. The molecule has 1 unspecified atom stereocenters. The summed E-state index contributed by atoms with van der Waals surface area (Å²) in [4.78, 5) is 29.0. The maximum atomic E-state index is 13.7. The number of fused-ring (bicyclic) bond motifs is 2. The van der Waals surface area contributed by atoms with Crippen LogP contribution in [0.3, 0.4) is 0 Å². The fourth-order valence-electron chi connectivity index (χ4n) is 4.55. The maximum Gasteiger partial charge on any atom is 0.291 e. The number of benzene rings is 3. The van der Waals surface area contributed by atoms with Gasteiger partial charge in [-0.15, -0.1) is 0 Å². The molecule has 1 aliphatic heterocycles. The Morgan fingerprint density at radius 2 is 1.58 bits per heavy atom. The molecule has 0 aliphatic carbocycles. The van der Waals surface area contributed by atoms with Crippen molar-refractivity contribution >= 4 is 16.9 Å². The van der Waals surface area contributed by atoms with Crippen LogP contribution in [-0.2, 0) is 6.54 Å². The fourth-order valence-corrected chi connectivity index (χ4v) is 4.55. The van der Waals surface area contributed by atoms with Gasteiger partial charge in [0.2, 0.25) is 5.76 Å². The van der Waals surface area contributed by atoms with Crippen LogP contribution < -0.4 is 5.43 Å². The van der Waals surface area contributed by atoms with E-state index in [1.165, 1.54) is 0 Å². The quantitative estimate of drug-likeness (QED) is 0.451. The van der Waals surface area contributed by atoms with Crippen LogP contribution in [-0.4, -0.2) is 10.8 Å². The lowest BCUT2D eigenvalue weighted by Gasteiger charge is -2.25. The summed E-state index contributed by atoms with van der Waals surface area (Å²) >= 11 is 0. The highest BCUT2D eigenvalue weighted by Gasteiger charge is 2.42. The van der Waals surface area contributed by atoms with Crippen molar-refractivity contribution in [3.63, 3.8) is 0 Å². The Kier molecular flexibility index (Phi) is 4.51. The van der Waals surface area contributed by atoms with Crippen LogP contribution in [0.1, 0.15) is 50.0 Å². The van der Waals surface area contributed by atoms with Crippen molar-refractivity contribution in [2.45, 2.75) is 33.4 Å². The number of carbonyl (C=O) groups excluding carboxylic acids is 1. The van der Waals surface area contributed by atoms with Crippen LogP contribution in [0.5, 0.6) is 0 Å². The molecule has 5 rings (SSSR count). The number of carbonyl (C=O) groups is 1. The van der Waals surface area contributed by atoms with Crippen LogP contribution in [0.2, 0.25) is 0 Å². The van der Waals surface area contributed by atoms with Gasteiger partial charge in [-0.3, -0.25) is 9.59 Å². The monoisotopic (exact) mass is 409 g/mol. The second-order valence-electron chi connectivity index (χ2n) is 8.36. The van der Waals surface area contributed by atoms with Gasteiger partial charge in [0.05, 0.1) is 17.0 Å². The fraction of sp³-hybridized carbons (Fsp3) is 0.185. The zero-order chi connectivity index (χ0) is 21.7. The molecule has 0 fully saturated rings. The highest BCUT2D eigenvalue weighted by atomic mass is 16.3. The summed E-state index contributed by atoms with van der Waals surface area (Å²) in [5.74, 6) is -0.0911. The Bertz CT molecular complexity index is 1370. The van der Waals surface area contributed by atoms with Crippen molar-refractivity contribution in [2.75, 3.05) is 0 Å². The molecular formula is C27H23NO3. The van der Waals surface area contributed by atoms with Crippen molar-refractivity contribution < 1.29 is 9.21 Å². The first kappa shape index (κ1) is 19.3. The lowest BCUT2D eigenvalue weighted by atomic mass is 9.96. The van der Waals surface area contributed by atoms with E-state index in [-0.39, 0.29) is 17.1 Å². The normalized spacial score (nSPS) is 15.5. The number of hydrogen-bond acceptors (Lipinski definition) is 3. The third-order valence-corrected chi connectivity index (χ3v) is 6.00. The van der Waals surface area contributed by atoms with Crippen LogP contribution in [0, 0.1) is 20.8 Å². The van der Waals surface area contributed by atoms with Crippen LogP contribution in [0.15, 0.2) is 75.9 Å². The zero-order valence-electron chi connectivity index (χ0n) is 17.8. The first-order valence-electron chi connectivity index (χ1n) is 10.4. The molecule has 1 atom stereocenters. The Balaban J connectivity index is 1.76. The molecule has 0 radical (unpaired) electrons. The lowest BCUT2D eigenvalue weighted by molar-refractivity contribution is 0.0714. The van der Waals surface area contributed by atoms with Gasteiger partial charge in [0.15, 0.2) is 5.43 Å². The lowest BCUT2D eigenvalue weighted by Crippen LogP contribution is -2.29. The molecule has 4 nitrogen and oxygen atoms in total. The van der Waals surface area contributed by atoms with E-state index in [1.54, 1.807) is 4.90 Å². The molecule has 4 aromatic rings. The molecular weight excluding hydrogens is 386 g/mol. The van der Waals surface area contributed by atoms with Crippen molar-refractivity contribution in [2.24, 2.45) is 0 Å². The van der Waals surface area contributed by atoms with Crippen molar-refractivity contribution in [1.82, 2.24) is 4.90 Å². The third kappa shape index (κ3) is 3.15. The summed E-state index contributed by atoms with van der Waals surface area (Å²) < 4.78 is 6.11. The van der Waals surface area contributed by atoms with Crippen LogP contribution in [0.4, 0.5) is 0 Å². The number of hydrogen-bond donors (Lipinski definition) is 0. The van der Waals surface area contributed by atoms with E-state index in [0.29, 0.717) is 23.1 Å². The number of amides is 1. The van der Waals surface area contributed by atoms with Crippen molar-refractivity contribution in [3.05, 3.63) is 116 Å². The smallest absolute Gasteiger partial charge is 0.291 e. The molecule has 4 heteroatoms. The van der Waals surface area contributed by atoms with Crippen molar-refractivity contribution in [1.29, 1.82) is 0 Å². The molecule has 0 saturated heterocycles. The third-order valence-electron chi connectivity index (χ3n) is 6.00. The van der Waals surface area contributed by atoms with Gasteiger partial charge < -0.3 is 9.32 Å². The van der Waals surface area contributed by atoms with Crippen LogP contribution in [0.25, 0.3) is 11.0 Å². The van der Waals surface area contributed by atoms with Gasteiger partial charge in [-0.1, -0.05) is 66.2 Å². The molecule has 0 N–H and O–H groups in total. The molecule has 1 aliphatic rings. The topological polar surface area (TPSA) is 50.5 Å². The second kappa shape index (κ2) is 7.24. The minimum absolute atomic E-state index is 0.122. The predicted octanol–water partition coefficient (Wildman–Crippen LogP) is 5.46. The second-order valence-corrected chi connectivity index (χ2v) is 8.36. The Hall–Kier alpha value is -3.66. The Morgan fingerprint density at radius 1 is 0.871 bits per heavy atom. The highest BCUT2D eigenvalue weighted by molar-refractivity contribution is 5.99. The van der Waals surface area contributed by atoms with Gasteiger partial charge in [0.25, 0.3) is 5.91 Å². The van der Waals surface area contributed by atoms with E-state index < -0.39 is 6.04 Å². The Labute approximate surface area is 180 Å². The summed E-state index contributed by atoms with van der Waals surface area (Å²) in [6.07, 6.45) is 0. The largest absolute Gasteiger partial charge is 0.450 e. The molecule has 1 aromatic heterocycles. The number of aryl methyl sites for hydroxylation is 3. The molecule has 0 saturated carbocycles. The highest BCUT2D eigenvalue weighted by Crippen LogP contribution is 2.39. The molecule has 2 heterocycles. The number of nitrogens with zero attached hydrogens (tertiary/aromatic N) is 1. The molecule has 154 valence electrons. The predicted molar refractivity (Wildman–Crippen MR) is 121 cm³/mol. The van der Waals surface area contributed by atoms with Gasteiger partial charge in [-0.25, -0.2) is 0 Å². The van der Waals surface area contributed by atoms with E-state index >= 15 is 0 Å². The zero-order valence-corrected chi connectivity index (χ0v) is 17.8. The summed E-state index contributed by atoms with van der Waals surface area (Å²) in [6, 6.07) is 21.2. The average molecular weight is 409 g/mol. The minimum atomic E-state index is -0.482. The van der Waals surface area contributed by atoms with E-state index in [2.05, 4.69) is 0 Å². The summed E-state index contributed by atoms with van der Waals surface area (Å²) in [5, 5.41) is 0.552. The SMILES string of the molecule is Cc1ccc(C2c3c(oc4cc(C)cc(C)c4c3=O)C(=O)N2Cc2ccccc2)cc1. The van der Waals surface area contributed by atoms with E-state index in [0.717, 1.165) is 27.8 Å². The summed E-state index contributed by atoms with van der Waals surface area (Å²) in [6.45, 7) is 6.29. The Morgan fingerprint density at radius 3 is 2.29 bits per heavy atom. The summed E-state index contributed by atoms with van der Waals surface area (Å²) in [5.41, 5.74) is 5.68. The van der Waals surface area contributed by atoms with E-state index in [9.17, 15) is 9.59 Å². The molecule has 0 spiro atoms. The van der Waals surface area contributed by atoms with E-state index in [1.807, 2.05) is 87.5 Å². The van der Waals surface area contributed by atoms with Gasteiger partial charge in [0.1, 0.15) is 5.58 Å². The minimum Gasteiger partial charge on any atom is -0.450 e. The molecule has 1 amide bonds. The standard InChI is InChI=1S/C27H23NO3/c1-16-9-11-20(12-10-16)24-23-25(29)22-18(3)13-17(2)14-21(22)31-26(23)27(30)28(24)15-19-7-5-4-6-8-19/h4-14,24H,15H2,1-3H3. The van der Waals surface area contributed by atoms with E-state index in [4.69, 9.17) is 4.42 Å². The van der Waals surface area contributed by atoms with Gasteiger partial charge in [-0.05, 0) is 49.1 Å². The molecule has 0 bridgehead atoms. The van der Waals surface area contributed by atoms with Gasteiger partial charge in [0, 0.05) is 6.54 Å². The molecule has 3 aromatic carbocycles. The first-order chi connectivity index (χ1) is 14.9. The number of rotatable bonds is 3. The maximum absolute atomic E-state index is 13.7. The van der Waals surface area contributed by atoms with Gasteiger partial charge in [-0.2, -0.15) is 0 Å². The van der Waals surface area contributed by atoms with Gasteiger partial charge >= 0.3 is 0 Å².